The second-order valence-electron chi connectivity index (χ2n) is 10.5. The van der Waals surface area contributed by atoms with E-state index in [-0.39, 0.29) is 22.6 Å². The van der Waals surface area contributed by atoms with Crippen molar-refractivity contribution in [3.63, 3.8) is 0 Å². The van der Waals surface area contributed by atoms with Gasteiger partial charge in [0.2, 0.25) is 0 Å². The van der Waals surface area contributed by atoms with Crippen LogP contribution in [0.4, 0.5) is 0 Å². The zero-order valence-corrected chi connectivity index (χ0v) is 27.0. The number of carbonyl (C=O) groups is 2. The van der Waals surface area contributed by atoms with Gasteiger partial charge in [0.05, 0.1) is 11.1 Å². The van der Waals surface area contributed by atoms with E-state index in [0.29, 0.717) is 75.3 Å². The van der Waals surface area contributed by atoms with Crippen molar-refractivity contribution in [3.05, 3.63) is 89.3 Å². The summed E-state index contributed by atoms with van der Waals surface area (Å²) in [7, 11) is 0. The van der Waals surface area contributed by atoms with Gasteiger partial charge in [-0.05, 0) is 43.9 Å². The fraction of sp³-hybridized carbons (Fsp3) is 0.394. The van der Waals surface area contributed by atoms with Gasteiger partial charge in [0.1, 0.15) is 11.5 Å². The molecule has 0 fully saturated rings. The van der Waals surface area contributed by atoms with Crippen LogP contribution in [0.2, 0.25) is 0 Å². The Kier molecular flexibility index (Phi) is 9.54. The zero-order chi connectivity index (χ0) is 30.1. The highest BCUT2D eigenvalue weighted by Gasteiger charge is 2.53. The number of phenolic OH excluding ortho intramolecular Hbond substituents is 2. The second kappa shape index (κ2) is 12.6. The van der Waals surface area contributed by atoms with Gasteiger partial charge in [-0.3, -0.25) is 0 Å². The number of esters is 1. The molecule has 0 amide bonds. The van der Waals surface area contributed by atoms with E-state index in [1.807, 2.05) is 39.8 Å². The maximum absolute atomic E-state index is 13.7. The zero-order valence-electron chi connectivity index (χ0n) is 23.9. The molecule has 4 rings (SSSR count). The molecule has 0 aliphatic carbocycles. The Balaban J connectivity index is 2.26. The predicted octanol–water partition coefficient (Wildman–Crippen LogP) is 8.59. The fourth-order valence-corrected chi connectivity index (χ4v) is 7.32. The highest BCUT2D eigenvalue weighted by Crippen LogP contribution is 2.54. The van der Waals surface area contributed by atoms with Crippen LogP contribution in [-0.2, 0) is 36.0 Å². The van der Waals surface area contributed by atoms with Crippen molar-refractivity contribution in [3.8, 4) is 11.5 Å². The average Bonchev–Trinajstić information content (AvgIpc) is 3.24. The maximum Gasteiger partial charge on any atom is 0.341 e. The standard InChI is InChI=1S/C33H36Br2O6/c1-5-10-18-24(16-26(34)20(12-7-3)29(18)36)33(23-15-9-14-22(31(38)39)28(23)32(40)41-33)25-17-27(35)21(13-8-4)30(37)19(25)11-6-2/h9,14-17,36-37H,5-8,10-13H2,1-4H3,(H,38,39). The summed E-state index contributed by atoms with van der Waals surface area (Å²) in [6.07, 6.45) is 5.37. The van der Waals surface area contributed by atoms with E-state index < -0.39 is 17.5 Å². The summed E-state index contributed by atoms with van der Waals surface area (Å²) in [5, 5.41) is 33.3. The maximum atomic E-state index is 13.7. The summed E-state index contributed by atoms with van der Waals surface area (Å²) in [4.78, 5) is 26.0. The lowest BCUT2D eigenvalue weighted by Crippen LogP contribution is -2.33. The van der Waals surface area contributed by atoms with Gasteiger partial charge in [-0.15, -0.1) is 0 Å². The van der Waals surface area contributed by atoms with Gasteiger partial charge < -0.3 is 20.1 Å². The number of phenols is 2. The normalized spacial score (nSPS) is 13.8. The second-order valence-corrected chi connectivity index (χ2v) is 12.2. The van der Waals surface area contributed by atoms with E-state index in [2.05, 4.69) is 31.9 Å². The van der Waals surface area contributed by atoms with Crippen molar-refractivity contribution < 1.29 is 29.6 Å². The third kappa shape index (κ3) is 5.18. The van der Waals surface area contributed by atoms with Gasteiger partial charge in [0.15, 0.2) is 5.60 Å². The van der Waals surface area contributed by atoms with Crippen molar-refractivity contribution in [2.45, 2.75) is 84.7 Å². The van der Waals surface area contributed by atoms with E-state index in [9.17, 15) is 24.9 Å². The molecule has 0 saturated heterocycles. The topological polar surface area (TPSA) is 104 Å². The summed E-state index contributed by atoms with van der Waals surface area (Å²) < 4.78 is 7.76. The first kappa shape index (κ1) is 31.1. The third-order valence-electron chi connectivity index (χ3n) is 7.79. The minimum atomic E-state index is -1.61. The molecule has 41 heavy (non-hydrogen) atoms. The van der Waals surface area contributed by atoms with Crippen molar-refractivity contribution in [2.75, 3.05) is 0 Å². The predicted molar refractivity (Wildman–Crippen MR) is 166 cm³/mol. The molecular formula is C33H36Br2O6. The summed E-state index contributed by atoms with van der Waals surface area (Å²) in [6, 6.07) is 8.51. The number of aromatic hydroxyl groups is 2. The Morgan fingerprint density at radius 3 is 1.61 bits per heavy atom. The summed E-state index contributed by atoms with van der Waals surface area (Å²) in [6.45, 7) is 8.11. The van der Waals surface area contributed by atoms with Crippen LogP contribution >= 0.6 is 31.9 Å². The first-order valence-corrected chi connectivity index (χ1v) is 15.8. The van der Waals surface area contributed by atoms with E-state index in [0.717, 1.165) is 24.0 Å². The summed E-state index contributed by atoms with van der Waals surface area (Å²) in [5.74, 6) is -1.72. The summed E-state index contributed by atoms with van der Waals surface area (Å²) in [5.41, 5.74) is 2.50. The number of aromatic carboxylic acids is 1. The van der Waals surface area contributed by atoms with Crippen LogP contribution in [0.1, 0.15) is 113 Å². The number of fused-ring (bicyclic) bond motifs is 1. The minimum Gasteiger partial charge on any atom is -0.507 e. The highest BCUT2D eigenvalue weighted by molar-refractivity contribution is 9.10. The Labute approximate surface area is 258 Å². The van der Waals surface area contributed by atoms with Crippen molar-refractivity contribution >= 4 is 43.8 Å². The van der Waals surface area contributed by atoms with Gasteiger partial charge in [-0.1, -0.05) is 97.4 Å². The molecule has 3 aromatic rings. The van der Waals surface area contributed by atoms with Crippen molar-refractivity contribution in [2.24, 2.45) is 0 Å². The van der Waals surface area contributed by atoms with Crippen molar-refractivity contribution in [1.82, 2.24) is 0 Å². The molecule has 8 heteroatoms. The lowest BCUT2D eigenvalue weighted by molar-refractivity contribution is 0.0242. The Bertz CT molecular complexity index is 1440. The molecule has 0 bridgehead atoms. The van der Waals surface area contributed by atoms with Crippen LogP contribution < -0.4 is 0 Å². The first-order valence-electron chi connectivity index (χ1n) is 14.3. The van der Waals surface area contributed by atoms with Crippen LogP contribution in [0.15, 0.2) is 39.3 Å². The van der Waals surface area contributed by atoms with E-state index >= 15 is 0 Å². The minimum absolute atomic E-state index is 0.0219. The number of carboxylic acids is 1. The smallest absolute Gasteiger partial charge is 0.341 e. The largest absolute Gasteiger partial charge is 0.507 e. The van der Waals surface area contributed by atoms with Gasteiger partial charge in [0.25, 0.3) is 0 Å². The van der Waals surface area contributed by atoms with E-state index in [4.69, 9.17) is 4.74 Å². The van der Waals surface area contributed by atoms with Gasteiger partial charge in [-0.2, -0.15) is 0 Å². The lowest BCUT2D eigenvalue weighted by atomic mass is 9.73. The van der Waals surface area contributed by atoms with Crippen molar-refractivity contribution in [1.29, 1.82) is 0 Å². The van der Waals surface area contributed by atoms with Gasteiger partial charge in [0, 0.05) is 47.9 Å². The number of hydrogen-bond acceptors (Lipinski definition) is 5. The molecule has 1 aliphatic heterocycles. The Hall–Kier alpha value is -2.84. The molecule has 1 heterocycles. The molecule has 1 aliphatic rings. The number of benzene rings is 3. The SMILES string of the molecule is CCCc1c(Br)cc(C2(c3cc(Br)c(CCC)c(O)c3CCC)OC(=O)c3c(C(=O)O)cccc32)c(CCC)c1O. The molecule has 0 spiro atoms. The fourth-order valence-electron chi connectivity index (χ4n) is 6.09. The average molecular weight is 688 g/mol. The number of rotatable bonds is 11. The number of halogens is 2. The first-order chi connectivity index (χ1) is 19.6. The molecule has 0 unspecified atom stereocenters. The number of cyclic esters (lactones) is 1. The number of carboxylic acid groups (broad SMARTS) is 1. The van der Waals surface area contributed by atoms with Crippen LogP contribution in [0.3, 0.4) is 0 Å². The number of hydrogen-bond donors (Lipinski definition) is 3. The van der Waals surface area contributed by atoms with Gasteiger partial charge >= 0.3 is 11.9 Å². The molecule has 0 atom stereocenters. The molecule has 3 aromatic carbocycles. The quantitative estimate of drug-likeness (QED) is 0.175. The van der Waals surface area contributed by atoms with Gasteiger partial charge in [-0.25, -0.2) is 9.59 Å². The number of carbonyl (C=O) groups excluding carboxylic acids is 1. The van der Waals surface area contributed by atoms with Crippen LogP contribution in [0, 0.1) is 0 Å². The third-order valence-corrected chi connectivity index (χ3v) is 9.21. The molecule has 0 saturated carbocycles. The van der Waals surface area contributed by atoms with E-state index in [1.165, 1.54) is 6.07 Å². The molecule has 3 N–H and O–H groups in total. The highest BCUT2D eigenvalue weighted by atomic mass is 79.9. The van der Waals surface area contributed by atoms with Crippen LogP contribution in [0.25, 0.3) is 0 Å². The lowest BCUT2D eigenvalue weighted by Gasteiger charge is -2.35. The Morgan fingerprint density at radius 1 is 0.756 bits per heavy atom. The molecule has 6 nitrogen and oxygen atoms in total. The number of ether oxygens (including phenoxy) is 1. The van der Waals surface area contributed by atoms with Crippen LogP contribution in [-0.4, -0.2) is 27.3 Å². The molecular weight excluding hydrogens is 652 g/mol. The molecule has 0 radical (unpaired) electrons. The molecule has 0 aromatic heterocycles. The van der Waals surface area contributed by atoms with Crippen LogP contribution in [0.5, 0.6) is 11.5 Å². The summed E-state index contributed by atoms with van der Waals surface area (Å²) >= 11 is 7.36. The monoisotopic (exact) mass is 686 g/mol. The molecule has 218 valence electrons. The Morgan fingerprint density at radius 2 is 1.20 bits per heavy atom. The van der Waals surface area contributed by atoms with E-state index in [1.54, 1.807) is 12.1 Å².